The highest BCUT2D eigenvalue weighted by molar-refractivity contribution is 5.90. The molecule has 0 saturated heterocycles. The zero-order chi connectivity index (χ0) is 19.0. The first-order valence-electron chi connectivity index (χ1n) is 8.36. The number of amides is 3. The van der Waals surface area contributed by atoms with Crippen molar-refractivity contribution in [1.82, 2.24) is 10.2 Å². The van der Waals surface area contributed by atoms with Crippen molar-refractivity contribution < 1.29 is 19.1 Å². The van der Waals surface area contributed by atoms with Crippen molar-refractivity contribution in [3.05, 3.63) is 29.3 Å². The van der Waals surface area contributed by atoms with Crippen LogP contribution < -0.4 is 15.8 Å². The van der Waals surface area contributed by atoms with Crippen molar-refractivity contribution in [2.45, 2.75) is 40.0 Å². The second-order valence-electron chi connectivity index (χ2n) is 6.66. The molecule has 0 heterocycles. The molecule has 0 atom stereocenters. The van der Waals surface area contributed by atoms with E-state index < -0.39 is 12.1 Å². The van der Waals surface area contributed by atoms with Crippen LogP contribution >= 0.6 is 0 Å². The molecule has 0 bridgehead atoms. The second kappa shape index (κ2) is 9.27. The van der Waals surface area contributed by atoms with Crippen molar-refractivity contribution in [1.29, 1.82) is 0 Å². The molecule has 1 aromatic rings. The molecule has 3 N–H and O–H groups in total. The monoisotopic (exact) mass is 351 g/mol. The van der Waals surface area contributed by atoms with Gasteiger partial charge in [-0.3, -0.25) is 0 Å². The fraction of sp³-hybridized carbons (Fsp3) is 0.556. The average Bonchev–Trinajstić information content (AvgIpc) is 2.53. The number of hydrogen-bond acceptors (Lipinski definition) is 5. The molecular weight excluding hydrogens is 322 g/mol. The van der Waals surface area contributed by atoms with Gasteiger partial charge in [-0.1, -0.05) is 38.5 Å². The van der Waals surface area contributed by atoms with Gasteiger partial charge in [0.15, 0.2) is 6.73 Å². The van der Waals surface area contributed by atoms with E-state index in [-0.39, 0.29) is 31.8 Å². The molecule has 25 heavy (non-hydrogen) atoms. The van der Waals surface area contributed by atoms with Gasteiger partial charge in [-0.05, 0) is 30.9 Å². The van der Waals surface area contributed by atoms with E-state index in [9.17, 15) is 9.59 Å². The van der Waals surface area contributed by atoms with E-state index in [1.165, 1.54) is 0 Å². The quantitative estimate of drug-likeness (QED) is 0.769. The minimum absolute atomic E-state index is 0.0640. The van der Waals surface area contributed by atoms with Crippen LogP contribution in [-0.2, 0) is 10.2 Å². The summed E-state index contributed by atoms with van der Waals surface area (Å²) >= 11 is 0. The van der Waals surface area contributed by atoms with Gasteiger partial charge >= 0.3 is 12.1 Å². The third-order valence-corrected chi connectivity index (χ3v) is 3.48. The zero-order valence-electron chi connectivity index (χ0n) is 15.7. The van der Waals surface area contributed by atoms with Crippen LogP contribution in [0.4, 0.5) is 9.59 Å². The standard InChI is InChI=1S/C18H29N3O4/c1-6-24-17(23)21(10-9-19)16(22)20-12-25-15-8-7-13(2)11-14(15)18(3,4)5/h7-8,11H,6,9-10,12,19H2,1-5H3,(H,20,22). The van der Waals surface area contributed by atoms with Crippen LogP contribution in [0.2, 0.25) is 0 Å². The fourth-order valence-corrected chi connectivity index (χ4v) is 2.23. The molecule has 0 aliphatic heterocycles. The van der Waals surface area contributed by atoms with E-state index in [0.29, 0.717) is 5.75 Å². The third kappa shape index (κ3) is 6.26. The number of hydrogen-bond donors (Lipinski definition) is 2. The lowest BCUT2D eigenvalue weighted by Gasteiger charge is -2.24. The van der Waals surface area contributed by atoms with Crippen LogP contribution in [0.25, 0.3) is 0 Å². The molecule has 7 nitrogen and oxygen atoms in total. The van der Waals surface area contributed by atoms with Crippen LogP contribution in [0.5, 0.6) is 5.75 Å². The lowest BCUT2D eigenvalue weighted by atomic mass is 9.85. The van der Waals surface area contributed by atoms with Gasteiger partial charge in [-0.15, -0.1) is 0 Å². The Labute approximate surface area is 149 Å². The first-order chi connectivity index (χ1) is 11.7. The smallest absolute Gasteiger partial charge is 0.418 e. The molecule has 0 aliphatic carbocycles. The van der Waals surface area contributed by atoms with Gasteiger partial charge in [-0.2, -0.15) is 0 Å². The third-order valence-electron chi connectivity index (χ3n) is 3.48. The van der Waals surface area contributed by atoms with E-state index in [1.54, 1.807) is 6.92 Å². The van der Waals surface area contributed by atoms with Crippen molar-refractivity contribution in [2.24, 2.45) is 5.73 Å². The first-order valence-corrected chi connectivity index (χ1v) is 8.36. The number of benzene rings is 1. The Kier molecular flexibility index (Phi) is 7.70. The Bertz CT molecular complexity index is 596. The Morgan fingerprint density at radius 2 is 1.96 bits per heavy atom. The summed E-state index contributed by atoms with van der Waals surface area (Å²) < 4.78 is 10.6. The largest absolute Gasteiger partial charge is 0.473 e. The Balaban J connectivity index is 2.73. The maximum Gasteiger partial charge on any atom is 0.418 e. The molecule has 3 amide bonds. The van der Waals surface area contributed by atoms with Crippen molar-refractivity contribution in [3.63, 3.8) is 0 Å². The number of carbonyl (C=O) groups excluding carboxylic acids is 2. The zero-order valence-corrected chi connectivity index (χ0v) is 15.7. The van der Waals surface area contributed by atoms with Crippen molar-refractivity contribution >= 4 is 12.1 Å². The molecule has 7 heteroatoms. The minimum Gasteiger partial charge on any atom is -0.473 e. The van der Waals surface area contributed by atoms with Gasteiger partial charge in [-0.25, -0.2) is 14.5 Å². The summed E-state index contributed by atoms with van der Waals surface area (Å²) in [5, 5.41) is 2.56. The van der Waals surface area contributed by atoms with E-state index in [0.717, 1.165) is 16.0 Å². The van der Waals surface area contributed by atoms with Gasteiger partial charge < -0.3 is 20.5 Å². The molecule has 0 aromatic heterocycles. The van der Waals surface area contributed by atoms with Gasteiger partial charge in [0, 0.05) is 13.1 Å². The fourth-order valence-electron chi connectivity index (χ4n) is 2.23. The number of urea groups is 1. The minimum atomic E-state index is -0.726. The molecule has 0 saturated carbocycles. The van der Waals surface area contributed by atoms with Crippen molar-refractivity contribution in [3.8, 4) is 5.75 Å². The van der Waals surface area contributed by atoms with Crippen LogP contribution in [0.1, 0.15) is 38.8 Å². The van der Waals surface area contributed by atoms with Gasteiger partial charge in [0.2, 0.25) is 0 Å². The summed E-state index contributed by atoms with van der Waals surface area (Å²) in [5.41, 5.74) is 7.53. The predicted octanol–water partition coefficient (Wildman–Crippen LogP) is 2.76. The Hall–Kier alpha value is -2.28. The van der Waals surface area contributed by atoms with Crippen LogP contribution in [0.3, 0.4) is 0 Å². The summed E-state index contributed by atoms with van der Waals surface area (Å²) in [6, 6.07) is 5.29. The lowest BCUT2D eigenvalue weighted by Crippen LogP contribution is -2.47. The number of imide groups is 1. The Morgan fingerprint density at radius 3 is 2.52 bits per heavy atom. The summed E-state index contributed by atoms with van der Waals surface area (Å²) in [4.78, 5) is 24.9. The highest BCUT2D eigenvalue weighted by Crippen LogP contribution is 2.31. The van der Waals surface area contributed by atoms with Gasteiger partial charge in [0.05, 0.1) is 6.61 Å². The molecular formula is C18H29N3O4. The maximum atomic E-state index is 12.2. The number of rotatable bonds is 6. The van der Waals surface area contributed by atoms with Gasteiger partial charge in [0.1, 0.15) is 5.75 Å². The molecule has 0 radical (unpaired) electrons. The van der Waals surface area contributed by atoms with E-state index in [1.807, 2.05) is 19.1 Å². The molecule has 1 rings (SSSR count). The molecule has 0 spiro atoms. The Morgan fingerprint density at radius 1 is 1.28 bits per heavy atom. The predicted molar refractivity (Wildman–Crippen MR) is 96.7 cm³/mol. The van der Waals surface area contributed by atoms with E-state index >= 15 is 0 Å². The number of aryl methyl sites for hydroxylation is 1. The second-order valence-corrected chi connectivity index (χ2v) is 6.66. The van der Waals surface area contributed by atoms with Crippen LogP contribution in [0.15, 0.2) is 18.2 Å². The number of nitrogens with one attached hydrogen (secondary N) is 1. The maximum absolute atomic E-state index is 12.2. The molecule has 0 aliphatic rings. The molecule has 0 fully saturated rings. The highest BCUT2D eigenvalue weighted by atomic mass is 16.6. The number of nitrogens with zero attached hydrogens (tertiary/aromatic N) is 1. The van der Waals surface area contributed by atoms with Crippen LogP contribution in [-0.4, -0.2) is 43.5 Å². The lowest BCUT2D eigenvalue weighted by molar-refractivity contribution is 0.113. The van der Waals surface area contributed by atoms with E-state index in [4.69, 9.17) is 15.2 Å². The molecule has 140 valence electrons. The normalized spacial score (nSPS) is 11.0. The number of carbonyl (C=O) groups is 2. The van der Waals surface area contributed by atoms with E-state index in [2.05, 4.69) is 32.2 Å². The molecule has 0 unspecified atom stereocenters. The number of nitrogens with two attached hydrogens (primary N) is 1. The number of ether oxygens (including phenoxy) is 2. The summed E-state index contributed by atoms with van der Waals surface area (Å²) in [6.45, 7) is 10.3. The summed E-state index contributed by atoms with van der Waals surface area (Å²) in [6.07, 6.45) is -0.726. The topological polar surface area (TPSA) is 93.9 Å². The summed E-state index contributed by atoms with van der Waals surface area (Å²) in [7, 11) is 0. The first kappa shape index (κ1) is 20.8. The molecule has 1 aromatic carbocycles. The average molecular weight is 351 g/mol. The van der Waals surface area contributed by atoms with Crippen molar-refractivity contribution in [2.75, 3.05) is 26.4 Å². The SMILES string of the molecule is CCOC(=O)N(CCN)C(=O)NCOc1ccc(C)cc1C(C)(C)C. The highest BCUT2D eigenvalue weighted by Gasteiger charge is 2.22. The van der Waals surface area contributed by atoms with Gasteiger partial charge in [0.25, 0.3) is 0 Å². The van der Waals surface area contributed by atoms with Crippen LogP contribution in [0, 0.1) is 6.92 Å². The summed E-state index contributed by atoms with van der Waals surface area (Å²) in [5.74, 6) is 0.694.